The van der Waals surface area contributed by atoms with Crippen LogP contribution in [0, 0.1) is 13.8 Å². The molecule has 2 N–H and O–H groups in total. The number of hydrogen-bond donors (Lipinski definition) is 2. The number of carbonyl (C=O) groups excluding carboxylic acids is 1. The molecule has 0 aliphatic carbocycles. The number of amides is 1. The molecule has 0 aromatic heterocycles. The molecule has 1 fully saturated rings. The second kappa shape index (κ2) is 10.2. The largest absolute Gasteiger partial charge is 0.322 e. The average molecular weight is 548 g/mol. The van der Waals surface area contributed by atoms with E-state index < -0.39 is 26.0 Å². The molecular weight excluding hydrogens is 522 g/mol. The summed E-state index contributed by atoms with van der Waals surface area (Å²) in [6.45, 7) is 4.72. The van der Waals surface area contributed by atoms with Gasteiger partial charge in [0, 0.05) is 30.0 Å². The van der Waals surface area contributed by atoms with Crippen LogP contribution in [0.25, 0.3) is 0 Å². The van der Waals surface area contributed by atoms with Crippen LogP contribution in [0.5, 0.6) is 0 Å². The molecule has 36 heavy (non-hydrogen) atoms. The Bertz CT molecular complexity index is 1500. The molecular formula is C25H26ClN3O5S2. The lowest BCUT2D eigenvalue weighted by Crippen LogP contribution is -2.27. The van der Waals surface area contributed by atoms with Gasteiger partial charge in [-0.2, -0.15) is 4.31 Å². The standard InChI is InChI=1S/C25H26ClN3O5S2/c1-17-13-18(2)15-21(14-17)28-35(31,32)24-16-19(5-10-23(24)26)25(30)27-20-6-8-22(9-7-20)36(33,34)29-11-3-4-12-29/h5-10,13-16,28H,3-4,11-12H2,1-2H3,(H,27,30). The lowest BCUT2D eigenvalue weighted by atomic mass is 10.1. The summed E-state index contributed by atoms with van der Waals surface area (Å²) >= 11 is 6.18. The van der Waals surface area contributed by atoms with Crippen molar-refractivity contribution in [3.8, 4) is 0 Å². The summed E-state index contributed by atoms with van der Waals surface area (Å²) < 4.78 is 55.4. The Morgan fingerprint density at radius 2 is 1.44 bits per heavy atom. The molecule has 11 heteroatoms. The normalized spacial score (nSPS) is 14.5. The number of halogens is 1. The van der Waals surface area contributed by atoms with E-state index in [2.05, 4.69) is 10.0 Å². The minimum absolute atomic E-state index is 0.0279. The Labute approximate surface area is 216 Å². The van der Waals surface area contributed by atoms with Crippen LogP contribution >= 0.6 is 11.6 Å². The van der Waals surface area contributed by atoms with Gasteiger partial charge in [-0.05, 0) is 92.4 Å². The Morgan fingerprint density at radius 3 is 2.06 bits per heavy atom. The lowest BCUT2D eigenvalue weighted by Gasteiger charge is -2.16. The fourth-order valence-electron chi connectivity index (χ4n) is 4.09. The third kappa shape index (κ3) is 5.73. The molecule has 1 heterocycles. The molecule has 4 rings (SSSR count). The van der Waals surface area contributed by atoms with Gasteiger partial charge in [-0.3, -0.25) is 9.52 Å². The molecule has 1 amide bonds. The van der Waals surface area contributed by atoms with Gasteiger partial charge >= 0.3 is 0 Å². The van der Waals surface area contributed by atoms with Crippen LogP contribution < -0.4 is 10.0 Å². The number of aryl methyl sites for hydroxylation is 2. The highest BCUT2D eigenvalue weighted by molar-refractivity contribution is 7.92. The second-order valence-electron chi connectivity index (χ2n) is 8.72. The van der Waals surface area contributed by atoms with E-state index in [1.807, 2.05) is 19.9 Å². The Balaban J connectivity index is 1.52. The molecule has 1 saturated heterocycles. The number of sulfonamides is 2. The molecule has 0 radical (unpaired) electrons. The minimum Gasteiger partial charge on any atom is -0.322 e. The van der Waals surface area contributed by atoms with E-state index in [9.17, 15) is 21.6 Å². The van der Waals surface area contributed by atoms with Crippen molar-refractivity contribution in [2.24, 2.45) is 0 Å². The van der Waals surface area contributed by atoms with E-state index in [-0.39, 0.29) is 20.4 Å². The predicted molar refractivity (Wildman–Crippen MR) is 141 cm³/mol. The molecule has 190 valence electrons. The fourth-order valence-corrected chi connectivity index (χ4v) is 7.17. The van der Waals surface area contributed by atoms with Gasteiger partial charge in [0.05, 0.1) is 9.92 Å². The van der Waals surface area contributed by atoms with Gasteiger partial charge in [0.1, 0.15) is 4.90 Å². The van der Waals surface area contributed by atoms with Crippen molar-refractivity contribution < 1.29 is 21.6 Å². The van der Waals surface area contributed by atoms with Crippen molar-refractivity contribution in [3.63, 3.8) is 0 Å². The Kier molecular flexibility index (Phi) is 7.42. The lowest BCUT2D eigenvalue weighted by molar-refractivity contribution is 0.102. The quantitative estimate of drug-likeness (QED) is 0.441. The number of hydrogen-bond acceptors (Lipinski definition) is 5. The summed E-state index contributed by atoms with van der Waals surface area (Å²) in [6, 6.07) is 15.2. The van der Waals surface area contributed by atoms with E-state index in [0.29, 0.717) is 24.5 Å². The van der Waals surface area contributed by atoms with E-state index >= 15 is 0 Å². The number of anilines is 2. The topological polar surface area (TPSA) is 113 Å². The molecule has 3 aromatic carbocycles. The van der Waals surface area contributed by atoms with E-state index in [4.69, 9.17) is 11.6 Å². The Hall–Kier alpha value is -2.92. The molecule has 1 aliphatic heterocycles. The van der Waals surface area contributed by atoms with Gasteiger partial charge in [-0.25, -0.2) is 16.8 Å². The molecule has 8 nitrogen and oxygen atoms in total. The van der Waals surface area contributed by atoms with E-state index in [1.165, 1.54) is 46.8 Å². The van der Waals surface area contributed by atoms with Crippen molar-refractivity contribution in [1.82, 2.24) is 4.31 Å². The van der Waals surface area contributed by atoms with Gasteiger partial charge in [-0.15, -0.1) is 0 Å². The molecule has 0 atom stereocenters. The maximum Gasteiger partial charge on any atom is 0.263 e. The zero-order valence-corrected chi connectivity index (χ0v) is 22.2. The van der Waals surface area contributed by atoms with Gasteiger partial charge in [0.2, 0.25) is 10.0 Å². The number of nitrogens with one attached hydrogen (secondary N) is 2. The summed E-state index contributed by atoms with van der Waals surface area (Å²) in [5.74, 6) is -0.565. The minimum atomic E-state index is -4.07. The van der Waals surface area contributed by atoms with Crippen molar-refractivity contribution in [2.45, 2.75) is 36.5 Å². The highest BCUT2D eigenvalue weighted by atomic mass is 35.5. The number of rotatable bonds is 7. The summed E-state index contributed by atoms with van der Waals surface area (Å²) in [4.78, 5) is 12.8. The van der Waals surface area contributed by atoms with Crippen molar-refractivity contribution in [2.75, 3.05) is 23.1 Å². The maximum absolute atomic E-state index is 13.0. The van der Waals surface area contributed by atoms with Crippen LogP contribution in [0.2, 0.25) is 5.02 Å². The molecule has 0 bridgehead atoms. The first-order valence-electron chi connectivity index (χ1n) is 11.3. The second-order valence-corrected chi connectivity index (χ2v) is 12.7. The zero-order valence-electron chi connectivity index (χ0n) is 19.8. The zero-order chi connectivity index (χ0) is 26.1. The van der Waals surface area contributed by atoms with Crippen LogP contribution in [-0.4, -0.2) is 40.1 Å². The third-order valence-corrected chi connectivity index (χ3v) is 9.55. The average Bonchev–Trinajstić information content (AvgIpc) is 3.34. The number of nitrogens with zero attached hydrogens (tertiary/aromatic N) is 1. The van der Waals surface area contributed by atoms with Gasteiger partial charge < -0.3 is 5.32 Å². The van der Waals surface area contributed by atoms with E-state index in [1.54, 1.807) is 12.1 Å². The highest BCUT2D eigenvalue weighted by Gasteiger charge is 2.27. The first-order valence-corrected chi connectivity index (χ1v) is 14.6. The monoisotopic (exact) mass is 547 g/mol. The van der Waals surface area contributed by atoms with E-state index in [0.717, 1.165) is 24.0 Å². The number of carbonyl (C=O) groups is 1. The predicted octanol–water partition coefficient (Wildman–Crippen LogP) is 4.79. The molecule has 0 saturated carbocycles. The maximum atomic E-state index is 13.0. The molecule has 0 unspecified atom stereocenters. The van der Waals surface area contributed by atoms with Gasteiger partial charge in [0.25, 0.3) is 15.9 Å². The van der Waals surface area contributed by atoms with Crippen LogP contribution in [0.4, 0.5) is 11.4 Å². The first-order chi connectivity index (χ1) is 17.0. The first kappa shape index (κ1) is 26.2. The van der Waals surface area contributed by atoms with Crippen LogP contribution in [-0.2, 0) is 20.0 Å². The summed E-state index contributed by atoms with van der Waals surface area (Å²) in [5.41, 5.74) is 2.63. The van der Waals surface area contributed by atoms with Crippen molar-refractivity contribution in [3.05, 3.63) is 82.4 Å². The fraction of sp³-hybridized carbons (Fsp3) is 0.240. The van der Waals surface area contributed by atoms with Crippen LogP contribution in [0.1, 0.15) is 34.3 Å². The Morgan fingerprint density at radius 1 is 0.833 bits per heavy atom. The number of benzene rings is 3. The van der Waals surface area contributed by atoms with Crippen molar-refractivity contribution in [1.29, 1.82) is 0 Å². The smallest absolute Gasteiger partial charge is 0.263 e. The summed E-state index contributed by atoms with van der Waals surface area (Å²) in [6.07, 6.45) is 1.68. The molecule has 3 aromatic rings. The highest BCUT2D eigenvalue weighted by Crippen LogP contribution is 2.27. The van der Waals surface area contributed by atoms with Gasteiger partial charge in [-0.1, -0.05) is 17.7 Å². The van der Waals surface area contributed by atoms with Crippen molar-refractivity contribution >= 4 is 48.9 Å². The summed E-state index contributed by atoms with van der Waals surface area (Å²) in [7, 11) is -7.63. The SMILES string of the molecule is Cc1cc(C)cc(NS(=O)(=O)c2cc(C(=O)Nc3ccc(S(=O)(=O)N4CCCC4)cc3)ccc2Cl)c1. The summed E-state index contributed by atoms with van der Waals surface area (Å²) in [5, 5.41) is 2.64. The van der Waals surface area contributed by atoms with Gasteiger partial charge in [0.15, 0.2) is 0 Å². The third-order valence-electron chi connectivity index (χ3n) is 5.77. The van der Waals surface area contributed by atoms with Crippen LogP contribution in [0.15, 0.2) is 70.5 Å². The molecule has 1 aliphatic rings. The molecule has 0 spiro atoms. The van der Waals surface area contributed by atoms with Crippen LogP contribution in [0.3, 0.4) is 0 Å².